The lowest BCUT2D eigenvalue weighted by Crippen LogP contribution is -2.43. The monoisotopic (exact) mass is 473 g/mol. The van der Waals surface area contributed by atoms with Crippen molar-refractivity contribution in [3.8, 4) is 0 Å². The van der Waals surface area contributed by atoms with Crippen LogP contribution in [0.3, 0.4) is 0 Å². The zero-order chi connectivity index (χ0) is 18.1. The first-order valence-electron chi connectivity index (χ1n) is 9.20. The molecule has 146 valence electrons. The standard InChI is InChI=1S/C19H31N5O.HI/c1-4-21-18(22-13-9-16-8-7-12-20-14-16)23-15-19(10-5-6-11-19)17(25)24(2)3;/h7-8,12,14H,4-6,9-11,13,15H2,1-3H3,(H2,21,22,23);1H. The van der Waals surface area contributed by atoms with E-state index in [9.17, 15) is 4.79 Å². The fraction of sp³-hybridized carbons (Fsp3) is 0.632. The molecule has 1 aromatic heterocycles. The molecule has 1 aliphatic carbocycles. The molecule has 0 bridgehead atoms. The summed E-state index contributed by atoms with van der Waals surface area (Å²) in [6, 6.07) is 4.02. The molecule has 0 aliphatic heterocycles. The summed E-state index contributed by atoms with van der Waals surface area (Å²) in [6.07, 6.45) is 8.64. The van der Waals surface area contributed by atoms with E-state index in [0.717, 1.165) is 51.2 Å². The molecule has 26 heavy (non-hydrogen) atoms. The number of rotatable bonds is 7. The fourth-order valence-electron chi connectivity index (χ4n) is 3.41. The molecule has 2 rings (SSSR count). The lowest BCUT2D eigenvalue weighted by molar-refractivity contribution is -0.138. The molecule has 6 nitrogen and oxygen atoms in total. The Labute approximate surface area is 174 Å². The maximum atomic E-state index is 12.6. The lowest BCUT2D eigenvalue weighted by Gasteiger charge is -2.29. The molecular weight excluding hydrogens is 441 g/mol. The average Bonchev–Trinajstić information content (AvgIpc) is 3.10. The predicted octanol–water partition coefficient (Wildman–Crippen LogP) is 2.45. The van der Waals surface area contributed by atoms with Crippen molar-refractivity contribution in [2.75, 3.05) is 33.7 Å². The van der Waals surface area contributed by atoms with Crippen LogP contribution in [0.5, 0.6) is 0 Å². The van der Waals surface area contributed by atoms with Gasteiger partial charge < -0.3 is 15.5 Å². The van der Waals surface area contributed by atoms with E-state index in [1.54, 1.807) is 11.1 Å². The van der Waals surface area contributed by atoms with Crippen LogP contribution >= 0.6 is 24.0 Å². The molecule has 1 saturated carbocycles. The Hall–Kier alpha value is -1.38. The summed E-state index contributed by atoms with van der Waals surface area (Å²) in [5.74, 6) is 0.990. The molecule has 1 aromatic rings. The number of hydrogen-bond acceptors (Lipinski definition) is 3. The number of hydrogen-bond donors (Lipinski definition) is 2. The quantitative estimate of drug-likeness (QED) is 0.363. The molecule has 0 saturated heterocycles. The van der Waals surface area contributed by atoms with E-state index >= 15 is 0 Å². The minimum Gasteiger partial charge on any atom is -0.357 e. The van der Waals surface area contributed by atoms with Gasteiger partial charge in [-0.1, -0.05) is 18.9 Å². The minimum absolute atomic E-state index is 0. The number of guanidine groups is 1. The Morgan fingerprint density at radius 2 is 2.04 bits per heavy atom. The van der Waals surface area contributed by atoms with Crippen LogP contribution in [0.15, 0.2) is 29.5 Å². The van der Waals surface area contributed by atoms with E-state index in [4.69, 9.17) is 4.99 Å². The molecule has 7 heteroatoms. The van der Waals surface area contributed by atoms with Gasteiger partial charge in [-0.2, -0.15) is 0 Å². The summed E-state index contributed by atoms with van der Waals surface area (Å²) in [4.78, 5) is 23.2. The van der Waals surface area contributed by atoms with Crippen LogP contribution in [0, 0.1) is 5.41 Å². The minimum atomic E-state index is -0.324. The van der Waals surface area contributed by atoms with Gasteiger partial charge in [0.05, 0.1) is 12.0 Å². The van der Waals surface area contributed by atoms with Crippen molar-refractivity contribution in [3.05, 3.63) is 30.1 Å². The van der Waals surface area contributed by atoms with Gasteiger partial charge in [-0.25, -0.2) is 0 Å². The van der Waals surface area contributed by atoms with E-state index in [1.807, 2.05) is 26.4 Å². The van der Waals surface area contributed by atoms with Gasteiger partial charge in [0.2, 0.25) is 5.91 Å². The Morgan fingerprint density at radius 1 is 1.31 bits per heavy atom. The zero-order valence-corrected chi connectivity index (χ0v) is 18.5. The van der Waals surface area contributed by atoms with Gasteiger partial charge in [0.1, 0.15) is 0 Å². The maximum absolute atomic E-state index is 12.6. The van der Waals surface area contributed by atoms with Crippen molar-refractivity contribution < 1.29 is 4.79 Å². The van der Waals surface area contributed by atoms with Crippen LogP contribution in [-0.4, -0.2) is 55.5 Å². The second kappa shape index (κ2) is 11.4. The molecule has 1 fully saturated rings. The van der Waals surface area contributed by atoms with Crippen LogP contribution < -0.4 is 10.6 Å². The van der Waals surface area contributed by atoms with Gasteiger partial charge in [0.25, 0.3) is 0 Å². The van der Waals surface area contributed by atoms with Gasteiger partial charge in [-0.15, -0.1) is 24.0 Å². The Morgan fingerprint density at radius 3 is 2.62 bits per heavy atom. The number of carbonyl (C=O) groups excluding carboxylic acids is 1. The second-order valence-corrected chi connectivity index (χ2v) is 6.92. The molecule has 0 radical (unpaired) electrons. The van der Waals surface area contributed by atoms with Crippen LogP contribution in [0.2, 0.25) is 0 Å². The number of carbonyl (C=O) groups is 1. The SMILES string of the molecule is CCNC(=NCC1(C(=O)N(C)C)CCCC1)NCCc1cccnc1.I. The maximum Gasteiger partial charge on any atom is 0.230 e. The van der Waals surface area contributed by atoms with Crippen LogP contribution in [-0.2, 0) is 11.2 Å². The first-order chi connectivity index (χ1) is 12.1. The highest BCUT2D eigenvalue weighted by molar-refractivity contribution is 14.0. The highest BCUT2D eigenvalue weighted by Crippen LogP contribution is 2.39. The van der Waals surface area contributed by atoms with Crippen molar-refractivity contribution in [2.45, 2.75) is 39.0 Å². The summed E-state index contributed by atoms with van der Waals surface area (Å²) in [5.41, 5.74) is 0.871. The van der Waals surface area contributed by atoms with E-state index in [2.05, 4.69) is 28.6 Å². The summed E-state index contributed by atoms with van der Waals surface area (Å²) in [6.45, 7) is 4.18. The van der Waals surface area contributed by atoms with Crippen molar-refractivity contribution >= 4 is 35.8 Å². The third kappa shape index (κ3) is 6.41. The number of aromatic nitrogens is 1. The molecule has 0 unspecified atom stereocenters. The zero-order valence-electron chi connectivity index (χ0n) is 16.1. The Bertz CT molecular complexity index is 571. The summed E-state index contributed by atoms with van der Waals surface area (Å²) in [7, 11) is 3.67. The number of nitrogens with zero attached hydrogens (tertiary/aromatic N) is 3. The number of amides is 1. The van der Waals surface area contributed by atoms with Crippen molar-refractivity contribution in [1.82, 2.24) is 20.5 Å². The summed E-state index contributed by atoms with van der Waals surface area (Å²) < 4.78 is 0. The number of aliphatic imine (C=N–C) groups is 1. The molecule has 2 N–H and O–H groups in total. The van der Waals surface area contributed by atoms with Crippen molar-refractivity contribution in [1.29, 1.82) is 0 Å². The normalized spacial score (nSPS) is 15.9. The lowest BCUT2D eigenvalue weighted by atomic mass is 9.85. The molecular formula is C19H32IN5O. The molecule has 1 amide bonds. The summed E-state index contributed by atoms with van der Waals surface area (Å²) >= 11 is 0. The topological polar surface area (TPSA) is 69.6 Å². The highest BCUT2D eigenvalue weighted by Gasteiger charge is 2.41. The molecule has 0 atom stereocenters. The largest absolute Gasteiger partial charge is 0.357 e. The number of halogens is 1. The Kier molecular flexibility index (Phi) is 9.90. The van der Waals surface area contributed by atoms with Crippen molar-refractivity contribution in [2.24, 2.45) is 10.4 Å². The van der Waals surface area contributed by atoms with E-state index < -0.39 is 0 Å². The summed E-state index contributed by atoms with van der Waals surface area (Å²) in [5, 5.41) is 6.64. The Balaban J connectivity index is 0.00000338. The average molecular weight is 473 g/mol. The fourth-order valence-corrected chi connectivity index (χ4v) is 3.41. The van der Waals surface area contributed by atoms with Crippen LogP contribution in [0.1, 0.15) is 38.2 Å². The number of pyridine rings is 1. The first kappa shape index (κ1) is 22.7. The molecule has 1 heterocycles. The third-order valence-corrected chi connectivity index (χ3v) is 4.73. The van der Waals surface area contributed by atoms with Crippen LogP contribution in [0.25, 0.3) is 0 Å². The molecule has 0 spiro atoms. The predicted molar refractivity (Wildman–Crippen MR) is 117 cm³/mol. The molecule has 0 aromatic carbocycles. The van der Waals surface area contributed by atoms with Gasteiger partial charge >= 0.3 is 0 Å². The number of nitrogens with one attached hydrogen (secondary N) is 2. The molecule has 1 aliphatic rings. The van der Waals surface area contributed by atoms with Gasteiger partial charge in [-0.3, -0.25) is 14.8 Å². The third-order valence-electron chi connectivity index (χ3n) is 4.73. The second-order valence-electron chi connectivity index (χ2n) is 6.92. The first-order valence-corrected chi connectivity index (χ1v) is 9.20. The van der Waals surface area contributed by atoms with Crippen LogP contribution in [0.4, 0.5) is 0 Å². The smallest absolute Gasteiger partial charge is 0.230 e. The van der Waals surface area contributed by atoms with Crippen molar-refractivity contribution in [3.63, 3.8) is 0 Å². The van der Waals surface area contributed by atoms with Gasteiger partial charge in [0, 0.05) is 39.6 Å². The van der Waals surface area contributed by atoms with E-state index in [-0.39, 0.29) is 35.3 Å². The van der Waals surface area contributed by atoms with Gasteiger partial charge in [0.15, 0.2) is 5.96 Å². The van der Waals surface area contributed by atoms with E-state index in [1.165, 1.54) is 5.56 Å². The highest BCUT2D eigenvalue weighted by atomic mass is 127. The van der Waals surface area contributed by atoms with Gasteiger partial charge in [-0.05, 0) is 37.8 Å². The van der Waals surface area contributed by atoms with E-state index in [0.29, 0.717) is 6.54 Å².